The minimum Gasteiger partial charge on any atom is -0.342 e. The number of nitrogens with zero attached hydrogens (tertiary/aromatic N) is 4. The minimum atomic E-state index is -0.133. The van der Waals surface area contributed by atoms with E-state index in [1.54, 1.807) is 22.8 Å². The van der Waals surface area contributed by atoms with E-state index in [2.05, 4.69) is 48.2 Å². The van der Waals surface area contributed by atoms with Crippen molar-refractivity contribution in [3.63, 3.8) is 0 Å². The first-order valence-corrected chi connectivity index (χ1v) is 9.06. The van der Waals surface area contributed by atoms with Crippen LogP contribution in [0.25, 0.3) is 0 Å². The highest BCUT2D eigenvalue weighted by Gasteiger charge is 2.23. The molecule has 1 fully saturated rings. The van der Waals surface area contributed by atoms with Crippen LogP contribution in [0.1, 0.15) is 33.0 Å². The Morgan fingerprint density at radius 3 is 2.22 bits per heavy atom. The van der Waals surface area contributed by atoms with Gasteiger partial charge >= 0.3 is 0 Å². The number of hydrogen-bond acceptors (Lipinski definition) is 5. The van der Waals surface area contributed by atoms with Crippen LogP contribution in [0.15, 0.2) is 18.2 Å². The Morgan fingerprint density at radius 1 is 1.00 bits per heavy atom. The summed E-state index contributed by atoms with van der Waals surface area (Å²) in [5.74, 6) is 1.01. The van der Waals surface area contributed by atoms with Crippen molar-refractivity contribution in [1.82, 2.24) is 19.8 Å². The highest BCUT2D eigenvalue weighted by Crippen LogP contribution is 2.25. The maximum atomic E-state index is 12.8. The quantitative estimate of drug-likeness (QED) is 0.840. The third-order valence-electron chi connectivity index (χ3n) is 4.74. The van der Waals surface area contributed by atoms with Gasteiger partial charge in [-0.25, -0.2) is 9.97 Å². The van der Waals surface area contributed by atoms with Gasteiger partial charge in [0.25, 0.3) is 5.91 Å². The summed E-state index contributed by atoms with van der Waals surface area (Å²) in [7, 11) is 0. The average Bonchev–Trinajstić information content (AvgIpc) is 2.63. The molecule has 7 heteroatoms. The number of benzene rings is 1. The first-order valence-electron chi connectivity index (χ1n) is 9.06. The number of carbonyl (C=O) groups is 2. The standard InChI is InChI=1S/C20H25N5O2/c1-13-9-14(2)19(15(3)10-13)23-18-11-17(21-16(4)22-18)20(27)25-7-5-24(12-26)6-8-25/h9-12H,5-8H2,1-4H3,(H,21,22,23). The molecule has 0 aliphatic carbocycles. The van der Waals surface area contributed by atoms with Crippen molar-refractivity contribution in [2.75, 3.05) is 31.5 Å². The second kappa shape index (κ2) is 7.73. The molecule has 7 nitrogen and oxygen atoms in total. The summed E-state index contributed by atoms with van der Waals surface area (Å²) in [4.78, 5) is 35.8. The Kier molecular flexibility index (Phi) is 5.39. The summed E-state index contributed by atoms with van der Waals surface area (Å²) in [6.45, 7) is 10.1. The molecule has 27 heavy (non-hydrogen) atoms. The van der Waals surface area contributed by atoms with E-state index in [-0.39, 0.29) is 5.91 Å². The number of carbonyl (C=O) groups excluding carboxylic acids is 2. The van der Waals surface area contributed by atoms with Crippen molar-refractivity contribution in [3.05, 3.63) is 46.4 Å². The zero-order valence-corrected chi connectivity index (χ0v) is 16.2. The van der Waals surface area contributed by atoms with E-state index in [1.165, 1.54) is 5.56 Å². The zero-order chi connectivity index (χ0) is 19.6. The Morgan fingerprint density at radius 2 is 1.63 bits per heavy atom. The van der Waals surface area contributed by atoms with Crippen molar-refractivity contribution in [2.45, 2.75) is 27.7 Å². The topological polar surface area (TPSA) is 78.4 Å². The second-order valence-electron chi connectivity index (χ2n) is 7.02. The van der Waals surface area contributed by atoms with Gasteiger partial charge in [0.15, 0.2) is 0 Å². The summed E-state index contributed by atoms with van der Waals surface area (Å²) in [5.41, 5.74) is 4.83. The predicted octanol–water partition coefficient (Wildman–Crippen LogP) is 2.37. The van der Waals surface area contributed by atoms with E-state index in [1.807, 2.05) is 0 Å². The fraction of sp³-hybridized carbons (Fsp3) is 0.400. The maximum Gasteiger partial charge on any atom is 0.272 e. The van der Waals surface area contributed by atoms with Crippen LogP contribution >= 0.6 is 0 Å². The first kappa shape index (κ1) is 18.8. The van der Waals surface area contributed by atoms with Gasteiger partial charge in [0.05, 0.1) is 0 Å². The third-order valence-corrected chi connectivity index (χ3v) is 4.74. The maximum absolute atomic E-state index is 12.8. The van der Waals surface area contributed by atoms with Crippen molar-refractivity contribution in [1.29, 1.82) is 0 Å². The average molecular weight is 367 g/mol. The summed E-state index contributed by atoms with van der Waals surface area (Å²) < 4.78 is 0. The van der Waals surface area contributed by atoms with Crippen molar-refractivity contribution in [2.24, 2.45) is 0 Å². The summed E-state index contributed by atoms with van der Waals surface area (Å²) in [6, 6.07) is 5.92. The van der Waals surface area contributed by atoms with Gasteiger partial charge in [-0.3, -0.25) is 9.59 Å². The molecular formula is C20H25N5O2. The van der Waals surface area contributed by atoms with Crippen LogP contribution in [0, 0.1) is 27.7 Å². The Balaban J connectivity index is 1.83. The second-order valence-corrected chi connectivity index (χ2v) is 7.02. The number of rotatable bonds is 4. The predicted molar refractivity (Wildman–Crippen MR) is 104 cm³/mol. The summed E-state index contributed by atoms with van der Waals surface area (Å²) in [5, 5.41) is 3.35. The molecule has 0 spiro atoms. The fourth-order valence-corrected chi connectivity index (χ4v) is 3.44. The minimum absolute atomic E-state index is 0.133. The number of piperazine rings is 1. The lowest BCUT2D eigenvalue weighted by Crippen LogP contribution is -2.48. The van der Waals surface area contributed by atoms with Gasteiger partial charge in [-0.05, 0) is 38.8 Å². The lowest BCUT2D eigenvalue weighted by molar-refractivity contribution is -0.119. The molecular weight excluding hydrogens is 342 g/mol. The molecule has 1 aromatic heterocycles. The molecule has 0 atom stereocenters. The molecule has 2 heterocycles. The van der Waals surface area contributed by atoms with Gasteiger partial charge in [0.1, 0.15) is 17.3 Å². The smallest absolute Gasteiger partial charge is 0.272 e. The molecule has 2 aromatic rings. The van der Waals surface area contributed by atoms with Gasteiger partial charge < -0.3 is 15.1 Å². The van der Waals surface area contributed by atoms with Crippen LogP contribution in [-0.2, 0) is 4.79 Å². The van der Waals surface area contributed by atoms with Gasteiger partial charge in [-0.2, -0.15) is 0 Å². The molecule has 1 aromatic carbocycles. The highest BCUT2D eigenvalue weighted by atomic mass is 16.2. The number of aromatic nitrogens is 2. The van der Waals surface area contributed by atoms with E-state index in [0.29, 0.717) is 43.5 Å². The molecule has 0 unspecified atom stereocenters. The van der Waals surface area contributed by atoms with Gasteiger partial charge in [0, 0.05) is 37.9 Å². The molecule has 1 aliphatic rings. The lowest BCUT2D eigenvalue weighted by atomic mass is 10.1. The number of aryl methyl sites for hydroxylation is 4. The molecule has 1 saturated heterocycles. The third kappa shape index (κ3) is 4.24. The monoisotopic (exact) mass is 367 g/mol. The van der Waals surface area contributed by atoms with Crippen molar-refractivity contribution in [3.8, 4) is 0 Å². The summed E-state index contributed by atoms with van der Waals surface area (Å²) in [6.07, 6.45) is 0.824. The van der Waals surface area contributed by atoms with Crippen LogP contribution in [0.5, 0.6) is 0 Å². The van der Waals surface area contributed by atoms with Crippen LogP contribution in [-0.4, -0.2) is 58.3 Å². The van der Waals surface area contributed by atoms with Gasteiger partial charge in [-0.1, -0.05) is 17.7 Å². The van der Waals surface area contributed by atoms with Gasteiger partial charge in [0.2, 0.25) is 6.41 Å². The van der Waals surface area contributed by atoms with E-state index < -0.39 is 0 Å². The zero-order valence-electron chi connectivity index (χ0n) is 16.2. The Bertz CT molecular complexity index is 850. The van der Waals surface area contributed by atoms with E-state index in [4.69, 9.17) is 0 Å². The molecule has 142 valence electrons. The number of nitrogens with one attached hydrogen (secondary N) is 1. The molecule has 0 saturated carbocycles. The normalized spacial score (nSPS) is 14.2. The van der Waals surface area contributed by atoms with E-state index in [9.17, 15) is 9.59 Å². The van der Waals surface area contributed by atoms with Crippen LogP contribution in [0.4, 0.5) is 11.5 Å². The van der Waals surface area contributed by atoms with Crippen molar-refractivity contribution >= 4 is 23.8 Å². The SMILES string of the molecule is Cc1cc(C)c(Nc2cc(C(=O)N3CCN(C=O)CC3)nc(C)n2)c(C)c1. The number of amides is 2. The van der Waals surface area contributed by atoms with Crippen molar-refractivity contribution < 1.29 is 9.59 Å². The lowest BCUT2D eigenvalue weighted by Gasteiger charge is -2.32. The van der Waals surface area contributed by atoms with Crippen LogP contribution in [0.2, 0.25) is 0 Å². The largest absolute Gasteiger partial charge is 0.342 e. The molecule has 1 aliphatic heterocycles. The highest BCUT2D eigenvalue weighted by molar-refractivity contribution is 5.93. The molecule has 2 amide bonds. The molecule has 0 radical (unpaired) electrons. The Hall–Kier alpha value is -2.96. The molecule has 1 N–H and O–H groups in total. The summed E-state index contributed by atoms with van der Waals surface area (Å²) >= 11 is 0. The first-order chi connectivity index (χ1) is 12.9. The van der Waals surface area contributed by atoms with Crippen LogP contribution in [0.3, 0.4) is 0 Å². The van der Waals surface area contributed by atoms with Gasteiger partial charge in [-0.15, -0.1) is 0 Å². The molecule has 0 bridgehead atoms. The van der Waals surface area contributed by atoms with Crippen LogP contribution < -0.4 is 5.32 Å². The van der Waals surface area contributed by atoms with E-state index >= 15 is 0 Å². The molecule has 3 rings (SSSR count). The fourth-order valence-electron chi connectivity index (χ4n) is 3.44. The van der Waals surface area contributed by atoms with E-state index in [0.717, 1.165) is 23.2 Å². The number of hydrogen-bond donors (Lipinski definition) is 1. The Labute approximate surface area is 159 Å². The number of anilines is 2.